The van der Waals surface area contributed by atoms with Crippen LogP contribution in [0.5, 0.6) is 5.75 Å². The van der Waals surface area contributed by atoms with Crippen molar-refractivity contribution in [2.45, 2.75) is 19.8 Å². The Morgan fingerprint density at radius 3 is 2.69 bits per heavy atom. The normalized spacial score (nSPS) is 12.6. The lowest BCUT2D eigenvalue weighted by molar-refractivity contribution is 0.406. The summed E-state index contributed by atoms with van der Waals surface area (Å²) in [5.74, 6) is 1.30. The van der Waals surface area contributed by atoms with Crippen molar-refractivity contribution < 1.29 is 4.74 Å². The van der Waals surface area contributed by atoms with Gasteiger partial charge in [-0.1, -0.05) is 19.1 Å². The Morgan fingerprint density at radius 1 is 1.46 bits per heavy atom. The zero-order valence-electron chi connectivity index (χ0n) is 8.50. The molecule has 2 N–H and O–H groups in total. The zero-order valence-corrected chi connectivity index (χ0v) is 8.50. The summed E-state index contributed by atoms with van der Waals surface area (Å²) < 4.78 is 5.29. The largest absolute Gasteiger partial charge is 0.496 e. The van der Waals surface area contributed by atoms with Crippen LogP contribution in [0.15, 0.2) is 18.2 Å². The molecule has 0 bridgehead atoms. The standard InChI is InChI=1S/C11H17NO/c1-8-4-5-10(9(2)7-12)11(6-8)13-3/h4-6,9H,7,12H2,1-3H3. The van der Waals surface area contributed by atoms with Gasteiger partial charge in [-0.3, -0.25) is 0 Å². The van der Waals surface area contributed by atoms with Gasteiger partial charge in [0.25, 0.3) is 0 Å². The van der Waals surface area contributed by atoms with Crippen molar-refractivity contribution >= 4 is 0 Å². The molecule has 1 atom stereocenters. The third kappa shape index (κ3) is 2.22. The lowest BCUT2D eigenvalue weighted by Gasteiger charge is -2.14. The maximum absolute atomic E-state index is 5.61. The monoisotopic (exact) mass is 179 g/mol. The average molecular weight is 179 g/mol. The SMILES string of the molecule is COc1cc(C)ccc1C(C)CN. The van der Waals surface area contributed by atoms with Crippen LogP contribution in [0.25, 0.3) is 0 Å². The second-order valence-electron chi connectivity index (χ2n) is 3.38. The first-order valence-electron chi connectivity index (χ1n) is 4.53. The minimum Gasteiger partial charge on any atom is -0.496 e. The predicted octanol–water partition coefficient (Wildman–Crippen LogP) is 2.07. The van der Waals surface area contributed by atoms with Crippen LogP contribution in [0.2, 0.25) is 0 Å². The Bertz CT molecular complexity index is 283. The fraction of sp³-hybridized carbons (Fsp3) is 0.455. The van der Waals surface area contributed by atoms with Gasteiger partial charge in [0.15, 0.2) is 0 Å². The number of nitrogens with two attached hydrogens (primary N) is 1. The first kappa shape index (κ1) is 10.1. The van der Waals surface area contributed by atoms with E-state index in [0.717, 1.165) is 5.75 Å². The van der Waals surface area contributed by atoms with Crippen molar-refractivity contribution in [2.24, 2.45) is 5.73 Å². The molecule has 0 aromatic heterocycles. The highest BCUT2D eigenvalue weighted by Crippen LogP contribution is 2.26. The molecular formula is C11H17NO. The molecule has 0 radical (unpaired) electrons. The van der Waals surface area contributed by atoms with Gasteiger partial charge in [0.1, 0.15) is 5.75 Å². The molecule has 0 saturated heterocycles. The highest BCUT2D eigenvalue weighted by Gasteiger charge is 2.09. The summed E-state index contributed by atoms with van der Waals surface area (Å²) in [4.78, 5) is 0. The highest BCUT2D eigenvalue weighted by molar-refractivity contribution is 5.39. The summed E-state index contributed by atoms with van der Waals surface area (Å²) in [7, 11) is 1.70. The summed E-state index contributed by atoms with van der Waals surface area (Å²) in [6, 6.07) is 6.22. The third-order valence-electron chi connectivity index (χ3n) is 2.27. The Morgan fingerprint density at radius 2 is 2.15 bits per heavy atom. The molecule has 2 nitrogen and oxygen atoms in total. The predicted molar refractivity (Wildman–Crippen MR) is 55.2 cm³/mol. The second-order valence-corrected chi connectivity index (χ2v) is 3.38. The molecule has 1 rings (SSSR count). The van der Waals surface area contributed by atoms with Crippen LogP contribution in [0.4, 0.5) is 0 Å². The zero-order chi connectivity index (χ0) is 9.84. The maximum Gasteiger partial charge on any atom is 0.122 e. The summed E-state index contributed by atoms with van der Waals surface area (Å²) >= 11 is 0. The minimum atomic E-state index is 0.357. The molecule has 0 spiro atoms. The van der Waals surface area contributed by atoms with Crippen LogP contribution in [-0.4, -0.2) is 13.7 Å². The topological polar surface area (TPSA) is 35.2 Å². The van der Waals surface area contributed by atoms with Crippen LogP contribution >= 0.6 is 0 Å². The maximum atomic E-state index is 5.61. The molecule has 0 saturated carbocycles. The van der Waals surface area contributed by atoms with Crippen molar-refractivity contribution in [1.29, 1.82) is 0 Å². The van der Waals surface area contributed by atoms with Crippen LogP contribution in [0, 0.1) is 6.92 Å². The third-order valence-corrected chi connectivity index (χ3v) is 2.27. The van der Waals surface area contributed by atoms with Gasteiger partial charge in [-0.25, -0.2) is 0 Å². The van der Waals surface area contributed by atoms with Gasteiger partial charge < -0.3 is 10.5 Å². The van der Waals surface area contributed by atoms with E-state index in [9.17, 15) is 0 Å². The fourth-order valence-corrected chi connectivity index (χ4v) is 1.35. The fourth-order valence-electron chi connectivity index (χ4n) is 1.35. The van der Waals surface area contributed by atoms with Crippen molar-refractivity contribution in [3.05, 3.63) is 29.3 Å². The van der Waals surface area contributed by atoms with Gasteiger partial charge in [-0.15, -0.1) is 0 Å². The molecule has 1 unspecified atom stereocenters. The molecule has 1 aromatic carbocycles. The molecule has 0 aliphatic carbocycles. The van der Waals surface area contributed by atoms with Gasteiger partial charge in [0.05, 0.1) is 7.11 Å². The molecule has 0 fully saturated rings. The van der Waals surface area contributed by atoms with Gasteiger partial charge in [-0.05, 0) is 36.6 Å². The molecular weight excluding hydrogens is 162 g/mol. The number of methoxy groups -OCH3 is 1. The minimum absolute atomic E-state index is 0.357. The van der Waals surface area contributed by atoms with E-state index in [2.05, 4.69) is 26.0 Å². The lowest BCUT2D eigenvalue weighted by atomic mass is 9.99. The van der Waals surface area contributed by atoms with Crippen LogP contribution in [0.3, 0.4) is 0 Å². The number of rotatable bonds is 3. The number of benzene rings is 1. The molecule has 2 heteroatoms. The van der Waals surface area contributed by atoms with Crippen molar-refractivity contribution in [1.82, 2.24) is 0 Å². The summed E-state index contributed by atoms with van der Waals surface area (Å²) in [5.41, 5.74) is 8.01. The molecule has 13 heavy (non-hydrogen) atoms. The van der Waals surface area contributed by atoms with E-state index < -0.39 is 0 Å². The Hall–Kier alpha value is -1.02. The van der Waals surface area contributed by atoms with E-state index in [-0.39, 0.29) is 0 Å². The summed E-state index contributed by atoms with van der Waals surface area (Å²) in [6.07, 6.45) is 0. The van der Waals surface area contributed by atoms with E-state index in [1.165, 1.54) is 11.1 Å². The summed E-state index contributed by atoms with van der Waals surface area (Å²) in [5, 5.41) is 0. The van der Waals surface area contributed by atoms with Gasteiger partial charge >= 0.3 is 0 Å². The highest BCUT2D eigenvalue weighted by atomic mass is 16.5. The molecule has 0 aliphatic heterocycles. The molecule has 72 valence electrons. The lowest BCUT2D eigenvalue weighted by Crippen LogP contribution is -2.10. The van der Waals surface area contributed by atoms with E-state index in [1.807, 2.05) is 6.07 Å². The van der Waals surface area contributed by atoms with Gasteiger partial charge in [0.2, 0.25) is 0 Å². The molecule has 0 amide bonds. The van der Waals surface area contributed by atoms with E-state index in [4.69, 9.17) is 10.5 Å². The van der Waals surface area contributed by atoms with E-state index >= 15 is 0 Å². The first-order chi connectivity index (χ1) is 6.19. The number of aryl methyl sites for hydroxylation is 1. The smallest absolute Gasteiger partial charge is 0.122 e. The van der Waals surface area contributed by atoms with Crippen LogP contribution in [-0.2, 0) is 0 Å². The summed E-state index contributed by atoms with van der Waals surface area (Å²) in [6.45, 7) is 4.81. The molecule has 0 heterocycles. The van der Waals surface area contributed by atoms with Crippen LogP contribution < -0.4 is 10.5 Å². The molecule has 0 aliphatic rings. The number of hydrogen-bond acceptors (Lipinski definition) is 2. The second kappa shape index (κ2) is 4.28. The van der Waals surface area contributed by atoms with Crippen LogP contribution in [0.1, 0.15) is 24.0 Å². The Balaban J connectivity index is 3.05. The van der Waals surface area contributed by atoms with Crippen molar-refractivity contribution in [3.8, 4) is 5.75 Å². The number of hydrogen-bond donors (Lipinski definition) is 1. The van der Waals surface area contributed by atoms with Crippen molar-refractivity contribution in [3.63, 3.8) is 0 Å². The average Bonchev–Trinajstić information content (AvgIpc) is 2.16. The van der Waals surface area contributed by atoms with Gasteiger partial charge in [0, 0.05) is 0 Å². The Kier molecular flexibility index (Phi) is 3.32. The Labute approximate surface area is 79.7 Å². The van der Waals surface area contributed by atoms with E-state index in [1.54, 1.807) is 7.11 Å². The molecule has 1 aromatic rings. The number of ether oxygens (including phenoxy) is 1. The van der Waals surface area contributed by atoms with E-state index in [0.29, 0.717) is 12.5 Å². The van der Waals surface area contributed by atoms with Crippen molar-refractivity contribution in [2.75, 3.05) is 13.7 Å². The van der Waals surface area contributed by atoms with Gasteiger partial charge in [-0.2, -0.15) is 0 Å². The quantitative estimate of drug-likeness (QED) is 0.771. The first-order valence-corrected chi connectivity index (χ1v) is 4.53.